The molecule has 5 nitrogen and oxygen atoms in total. The summed E-state index contributed by atoms with van der Waals surface area (Å²) < 4.78 is 1.86. The summed E-state index contributed by atoms with van der Waals surface area (Å²) in [5.41, 5.74) is 2.78. The molecule has 0 radical (unpaired) electrons. The molecule has 0 spiro atoms. The lowest BCUT2D eigenvalue weighted by Gasteiger charge is -2.08. The third kappa shape index (κ3) is 3.94. The Kier molecular flexibility index (Phi) is 5.15. The highest BCUT2D eigenvalue weighted by Crippen LogP contribution is 2.29. The van der Waals surface area contributed by atoms with Crippen molar-refractivity contribution in [2.45, 2.75) is 43.0 Å². The Hall–Kier alpha value is -2.34. The van der Waals surface area contributed by atoms with Gasteiger partial charge in [0.25, 0.3) is 0 Å². The molecule has 2 aromatic heterocycles. The maximum Gasteiger partial charge on any atom is 0.221 e. The number of nitrogens with zero attached hydrogens (tertiary/aromatic N) is 3. The van der Waals surface area contributed by atoms with Crippen LogP contribution in [0.4, 0.5) is 5.69 Å². The van der Waals surface area contributed by atoms with E-state index in [1.165, 1.54) is 6.92 Å². The first kappa shape index (κ1) is 16.5. The van der Waals surface area contributed by atoms with Gasteiger partial charge in [-0.2, -0.15) is 5.10 Å². The van der Waals surface area contributed by atoms with Gasteiger partial charge < -0.3 is 5.32 Å². The molecule has 2 heterocycles. The number of carbonyl (C=O) groups is 1. The molecule has 6 heteroatoms. The lowest BCUT2D eigenvalue weighted by atomic mass is 10.2. The minimum atomic E-state index is -0.0663. The molecule has 0 saturated carbocycles. The van der Waals surface area contributed by atoms with Gasteiger partial charge in [0, 0.05) is 29.3 Å². The molecule has 0 aliphatic heterocycles. The summed E-state index contributed by atoms with van der Waals surface area (Å²) in [6.07, 6.45) is 5.04. The van der Waals surface area contributed by atoms with Gasteiger partial charge in [-0.3, -0.25) is 4.79 Å². The number of fused-ring (bicyclic) bond motifs is 1. The zero-order valence-electron chi connectivity index (χ0n) is 13.8. The van der Waals surface area contributed by atoms with Crippen LogP contribution in [0.2, 0.25) is 0 Å². The predicted molar refractivity (Wildman–Crippen MR) is 96.5 cm³/mol. The summed E-state index contributed by atoms with van der Waals surface area (Å²) in [7, 11) is 0. The summed E-state index contributed by atoms with van der Waals surface area (Å²) in [5.74, 6) is -0.0663. The lowest BCUT2D eigenvalue weighted by molar-refractivity contribution is -0.114. The number of hydrogen-bond donors (Lipinski definition) is 1. The van der Waals surface area contributed by atoms with Crippen molar-refractivity contribution < 1.29 is 4.79 Å². The van der Waals surface area contributed by atoms with Crippen LogP contribution < -0.4 is 5.32 Å². The van der Waals surface area contributed by atoms with Crippen molar-refractivity contribution in [3.63, 3.8) is 0 Å². The molecule has 0 unspecified atom stereocenters. The highest BCUT2D eigenvalue weighted by Gasteiger charge is 2.08. The Balaban J connectivity index is 1.85. The van der Waals surface area contributed by atoms with E-state index < -0.39 is 0 Å². The van der Waals surface area contributed by atoms with Crippen molar-refractivity contribution in [1.82, 2.24) is 14.6 Å². The minimum Gasteiger partial charge on any atom is -0.326 e. The zero-order chi connectivity index (χ0) is 16.9. The van der Waals surface area contributed by atoms with Gasteiger partial charge in [-0.15, -0.1) is 0 Å². The van der Waals surface area contributed by atoms with Gasteiger partial charge in [0.15, 0.2) is 5.65 Å². The van der Waals surface area contributed by atoms with E-state index in [-0.39, 0.29) is 5.91 Å². The third-order valence-electron chi connectivity index (χ3n) is 3.56. The van der Waals surface area contributed by atoms with Gasteiger partial charge in [0.1, 0.15) is 5.03 Å². The summed E-state index contributed by atoms with van der Waals surface area (Å²) >= 11 is 1.64. The third-order valence-corrected chi connectivity index (χ3v) is 4.57. The van der Waals surface area contributed by atoms with E-state index in [1.54, 1.807) is 18.0 Å². The molecule has 3 aromatic rings. The van der Waals surface area contributed by atoms with E-state index in [0.717, 1.165) is 46.2 Å². The number of carbonyl (C=O) groups excluding carboxylic acids is 1. The van der Waals surface area contributed by atoms with Crippen LogP contribution in [0.15, 0.2) is 52.5 Å². The average Bonchev–Trinajstić information content (AvgIpc) is 3.03. The van der Waals surface area contributed by atoms with Crippen molar-refractivity contribution in [2.24, 2.45) is 0 Å². The molecule has 1 aromatic carbocycles. The van der Waals surface area contributed by atoms with E-state index in [2.05, 4.69) is 28.4 Å². The smallest absolute Gasteiger partial charge is 0.221 e. The number of hydrogen-bond acceptors (Lipinski definition) is 4. The van der Waals surface area contributed by atoms with Crippen LogP contribution in [0.3, 0.4) is 0 Å². The molecule has 0 bridgehead atoms. The fraction of sp³-hybridized carbons (Fsp3) is 0.278. The molecule has 0 atom stereocenters. The van der Waals surface area contributed by atoms with E-state index in [9.17, 15) is 4.79 Å². The highest BCUT2D eigenvalue weighted by atomic mass is 32.2. The average molecular weight is 340 g/mol. The highest BCUT2D eigenvalue weighted by molar-refractivity contribution is 7.99. The van der Waals surface area contributed by atoms with Gasteiger partial charge in [0.2, 0.25) is 5.91 Å². The molecule has 0 fully saturated rings. The fourth-order valence-electron chi connectivity index (χ4n) is 2.42. The number of unbranched alkanes of at least 4 members (excludes halogenated alkanes) is 1. The van der Waals surface area contributed by atoms with Crippen LogP contribution in [0.1, 0.15) is 32.4 Å². The summed E-state index contributed by atoms with van der Waals surface area (Å²) in [4.78, 5) is 16.8. The SMILES string of the molecule is CCCCc1cc(Sc2ccc(NC(C)=O)cc2)n2nccc2n1. The number of amides is 1. The Morgan fingerprint density at radius 1 is 1.25 bits per heavy atom. The molecule has 24 heavy (non-hydrogen) atoms. The van der Waals surface area contributed by atoms with Crippen LogP contribution in [0, 0.1) is 0 Å². The van der Waals surface area contributed by atoms with Crippen LogP contribution >= 0.6 is 11.8 Å². The number of nitrogens with one attached hydrogen (secondary N) is 1. The normalized spacial score (nSPS) is 10.9. The van der Waals surface area contributed by atoms with Gasteiger partial charge in [-0.25, -0.2) is 9.50 Å². The van der Waals surface area contributed by atoms with E-state index in [1.807, 2.05) is 34.8 Å². The minimum absolute atomic E-state index is 0.0663. The maximum absolute atomic E-state index is 11.1. The van der Waals surface area contributed by atoms with Gasteiger partial charge in [-0.05, 0) is 43.2 Å². The van der Waals surface area contributed by atoms with Gasteiger partial charge in [-0.1, -0.05) is 25.1 Å². The topological polar surface area (TPSA) is 59.3 Å². The molecule has 1 N–H and O–H groups in total. The molecule has 3 rings (SSSR count). The van der Waals surface area contributed by atoms with E-state index >= 15 is 0 Å². The Morgan fingerprint density at radius 3 is 2.75 bits per heavy atom. The number of rotatable bonds is 6. The van der Waals surface area contributed by atoms with Crippen molar-refractivity contribution in [3.8, 4) is 0 Å². The molecule has 0 aliphatic rings. The second kappa shape index (κ2) is 7.49. The Bertz CT molecular complexity index is 842. The molecular formula is C18H20N4OS. The number of aromatic nitrogens is 3. The van der Waals surface area contributed by atoms with Crippen LogP contribution in [0.5, 0.6) is 0 Å². The predicted octanol–water partition coefficient (Wildman–Crippen LogP) is 4.18. The molecule has 1 amide bonds. The van der Waals surface area contributed by atoms with Gasteiger partial charge in [0.05, 0.1) is 6.20 Å². The first-order valence-electron chi connectivity index (χ1n) is 8.05. The molecular weight excluding hydrogens is 320 g/mol. The molecule has 0 aliphatic carbocycles. The first-order valence-corrected chi connectivity index (χ1v) is 8.86. The summed E-state index contributed by atoms with van der Waals surface area (Å²) in [6.45, 7) is 3.69. The van der Waals surface area contributed by atoms with Crippen LogP contribution in [0.25, 0.3) is 5.65 Å². The monoisotopic (exact) mass is 340 g/mol. The molecule has 0 saturated heterocycles. The van der Waals surface area contributed by atoms with E-state index in [0.29, 0.717) is 0 Å². The standard InChI is InChI=1S/C18H20N4OS/c1-3-4-5-15-12-18(22-17(21-15)10-11-19-22)24-16-8-6-14(7-9-16)20-13(2)23/h6-12H,3-5H2,1-2H3,(H,20,23). The second-order valence-electron chi connectivity index (χ2n) is 5.60. The van der Waals surface area contributed by atoms with Crippen LogP contribution in [-0.4, -0.2) is 20.5 Å². The summed E-state index contributed by atoms with van der Waals surface area (Å²) in [6, 6.07) is 11.8. The lowest BCUT2D eigenvalue weighted by Crippen LogP contribution is -2.05. The first-order chi connectivity index (χ1) is 11.7. The van der Waals surface area contributed by atoms with Gasteiger partial charge >= 0.3 is 0 Å². The van der Waals surface area contributed by atoms with Crippen molar-refractivity contribution in [1.29, 1.82) is 0 Å². The zero-order valence-corrected chi connectivity index (χ0v) is 14.6. The largest absolute Gasteiger partial charge is 0.326 e. The van der Waals surface area contributed by atoms with Crippen molar-refractivity contribution >= 4 is 29.0 Å². The maximum atomic E-state index is 11.1. The van der Waals surface area contributed by atoms with E-state index in [4.69, 9.17) is 0 Å². The number of aryl methyl sites for hydroxylation is 1. The number of anilines is 1. The second-order valence-corrected chi connectivity index (χ2v) is 6.69. The quantitative estimate of drug-likeness (QED) is 0.684. The van der Waals surface area contributed by atoms with Crippen LogP contribution in [-0.2, 0) is 11.2 Å². The fourth-order valence-corrected chi connectivity index (χ4v) is 3.36. The summed E-state index contributed by atoms with van der Waals surface area (Å²) in [5, 5.41) is 8.19. The Morgan fingerprint density at radius 2 is 2.04 bits per heavy atom. The van der Waals surface area contributed by atoms with Crippen molar-refractivity contribution in [3.05, 3.63) is 48.3 Å². The van der Waals surface area contributed by atoms with Crippen molar-refractivity contribution in [2.75, 3.05) is 5.32 Å². The molecule has 124 valence electrons. The Labute approximate surface area is 145 Å². The number of benzene rings is 1.